The molecule has 0 unspecified atom stereocenters. The summed E-state index contributed by atoms with van der Waals surface area (Å²) in [7, 11) is -2.17. The summed E-state index contributed by atoms with van der Waals surface area (Å²) >= 11 is 1.26. The van der Waals surface area contributed by atoms with E-state index in [1.165, 1.54) is 11.3 Å². The van der Waals surface area contributed by atoms with Crippen LogP contribution < -0.4 is 16.0 Å². The van der Waals surface area contributed by atoms with Crippen LogP contribution in [0.3, 0.4) is 0 Å². The van der Waals surface area contributed by atoms with Crippen molar-refractivity contribution in [1.29, 1.82) is 0 Å². The second-order valence-electron chi connectivity index (χ2n) is 5.75. The van der Waals surface area contributed by atoms with Crippen molar-refractivity contribution in [3.63, 3.8) is 0 Å². The molecule has 0 aliphatic carbocycles. The van der Waals surface area contributed by atoms with E-state index in [9.17, 15) is 13.2 Å². The molecule has 0 saturated carbocycles. The fraction of sp³-hybridized carbons (Fsp3) is 0.111. The Hall–Kier alpha value is -2.95. The van der Waals surface area contributed by atoms with Crippen molar-refractivity contribution in [2.24, 2.45) is 10.7 Å². The number of hydroxylamine groups is 1. The standard InChI is InChI=1S/C18H17N3O5S2/c1-25-12-6-3-5-11(9-12)13-7-4-8-15-14(13)10-16(27-15)17(22)20-18(19)21-26-28(2,23)24/h3-10H,1-2H3,(H3,19,20,21,22). The first-order valence-corrected chi connectivity index (χ1v) is 10.6. The molecule has 0 fully saturated rings. The second kappa shape index (κ2) is 7.97. The summed E-state index contributed by atoms with van der Waals surface area (Å²) in [5.74, 6) is -0.337. The van der Waals surface area contributed by atoms with Crippen LogP contribution in [0.15, 0.2) is 53.5 Å². The van der Waals surface area contributed by atoms with Gasteiger partial charge >= 0.3 is 0 Å². The van der Waals surface area contributed by atoms with E-state index in [1.54, 1.807) is 13.2 Å². The molecule has 0 aliphatic rings. The summed E-state index contributed by atoms with van der Waals surface area (Å²) < 4.78 is 32.3. The van der Waals surface area contributed by atoms with Gasteiger partial charge in [0.1, 0.15) is 5.75 Å². The lowest BCUT2D eigenvalue weighted by Crippen LogP contribution is -2.34. The summed E-state index contributed by atoms with van der Waals surface area (Å²) in [5, 5.41) is 0.887. The fourth-order valence-electron chi connectivity index (χ4n) is 2.51. The monoisotopic (exact) mass is 419 g/mol. The molecule has 1 amide bonds. The van der Waals surface area contributed by atoms with Crippen molar-refractivity contribution in [2.45, 2.75) is 0 Å². The van der Waals surface area contributed by atoms with Crippen LogP contribution in [0.4, 0.5) is 0 Å². The Morgan fingerprint density at radius 1 is 1.18 bits per heavy atom. The van der Waals surface area contributed by atoms with E-state index >= 15 is 0 Å². The average molecular weight is 419 g/mol. The van der Waals surface area contributed by atoms with Crippen molar-refractivity contribution >= 4 is 43.4 Å². The number of thiophene rings is 1. The van der Waals surface area contributed by atoms with Gasteiger partial charge in [-0.1, -0.05) is 24.3 Å². The predicted molar refractivity (Wildman–Crippen MR) is 109 cm³/mol. The molecule has 10 heteroatoms. The Labute approximate surface area is 165 Å². The molecular weight excluding hydrogens is 402 g/mol. The number of fused-ring (bicyclic) bond motifs is 1. The van der Waals surface area contributed by atoms with Gasteiger partial charge in [0.2, 0.25) is 5.96 Å². The normalized spacial score (nSPS) is 12.1. The maximum Gasteiger partial charge on any atom is 0.290 e. The third-order valence-corrected chi connectivity index (χ3v) is 5.15. The van der Waals surface area contributed by atoms with Gasteiger partial charge in [0, 0.05) is 10.1 Å². The summed E-state index contributed by atoms with van der Waals surface area (Å²) in [6.45, 7) is 0. The molecule has 3 N–H and O–H groups in total. The third-order valence-electron chi connectivity index (χ3n) is 3.67. The molecule has 0 radical (unpaired) electrons. The molecule has 1 heterocycles. The number of hydrogen-bond donors (Lipinski definition) is 2. The van der Waals surface area contributed by atoms with Crippen LogP contribution in [0, 0.1) is 0 Å². The number of nitrogens with one attached hydrogen (secondary N) is 1. The topological polar surface area (TPSA) is 120 Å². The van der Waals surface area contributed by atoms with Gasteiger partial charge in [0.15, 0.2) is 0 Å². The van der Waals surface area contributed by atoms with Crippen LogP contribution in [-0.2, 0) is 14.4 Å². The van der Waals surface area contributed by atoms with Crippen LogP contribution >= 0.6 is 11.3 Å². The van der Waals surface area contributed by atoms with Gasteiger partial charge in [-0.15, -0.1) is 15.6 Å². The Bertz CT molecular complexity index is 1170. The van der Waals surface area contributed by atoms with Gasteiger partial charge in [-0.2, -0.15) is 13.4 Å². The molecule has 0 bridgehead atoms. The molecule has 0 atom stereocenters. The minimum Gasteiger partial charge on any atom is -0.497 e. The average Bonchev–Trinajstić information content (AvgIpc) is 3.10. The number of carbonyl (C=O) groups excluding carboxylic acids is 1. The number of hydrogen-bond acceptors (Lipinski definition) is 6. The smallest absolute Gasteiger partial charge is 0.290 e. The number of aliphatic imine (C=N–C) groups is 1. The molecular formula is C18H17N3O5S2. The molecule has 8 nitrogen and oxygen atoms in total. The molecule has 146 valence electrons. The van der Waals surface area contributed by atoms with E-state index in [4.69, 9.17) is 10.5 Å². The van der Waals surface area contributed by atoms with E-state index in [0.29, 0.717) is 4.88 Å². The SMILES string of the molecule is COc1cccc(-c2cccc3sc(C(=O)N=C(N)NOS(C)(=O)=O)cc23)c1. The van der Waals surface area contributed by atoms with Crippen LogP contribution in [0.1, 0.15) is 9.67 Å². The van der Waals surface area contributed by atoms with Gasteiger partial charge in [-0.3, -0.25) is 4.79 Å². The fourth-order valence-corrected chi connectivity index (χ4v) is 3.72. The van der Waals surface area contributed by atoms with E-state index in [0.717, 1.165) is 33.2 Å². The first-order chi connectivity index (χ1) is 13.3. The van der Waals surface area contributed by atoms with Crippen LogP contribution in [0.25, 0.3) is 21.2 Å². The predicted octanol–water partition coefficient (Wildman–Crippen LogP) is 2.51. The highest BCUT2D eigenvalue weighted by Gasteiger charge is 2.14. The Balaban J connectivity index is 1.93. The number of nitrogens with zero attached hydrogens (tertiary/aromatic N) is 1. The molecule has 3 aromatic rings. The lowest BCUT2D eigenvalue weighted by molar-refractivity contribution is 0.100. The first-order valence-electron chi connectivity index (χ1n) is 7.97. The summed E-state index contributed by atoms with van der Waals surface area (Å²) in [6, 6.07) is 15.1. The highest BCUT2D eigenvalue weighted by Crippen LogP contribution is 2.35. The van der Waals surface area contributed by atoms with Gasteiger partial charge in [0.25, 0.3) is 16.0 Å². The van der Waals surface area contributed by atoms with Gasteiger partial charge in [-0.25, -0.2) is 5.48 Å². The van der Waals surface area contributed by atoms with Gasteiger partial charge in [0.05, 0.1) is 18.2 Å². The lowest BCUT2D eigenvalue weighted by Gasteiger charge is -2.06. The number of nitrogens with two attached hydrogens (primary N) is 1. The summed E-state index contributed by atoms with van der Waals surface area (Å²) in [6.07, 6.45) is 0.835. The summed E-state index contributed by atoms with van der Waals surface area (Å²) in [4.78, 5) is 16.4. The van der Waals surface area contributed by atoms with Crippen molar-refractivity contribution in [3.05, 3.63) is 53.4 Å². The number of ether oxygens (including phenoxy) is 1. The first kappa shape index (κ1) is 19.8. The molecule has 28 heavy (non-hydrogen) atoms. The molecule has 0 saturated heterocycles. The highest BCUT2D eigenvalue weighted by atomic mass is 32.2. The van der Waals surface area contributed by atoms with Crippen LogP contribution in [0.5, 0.6) is 5.75 Å². The van der Waals surface area contributed by atoms with E-state index in [2.05, 4.69) is 9.28 Å². The molecule has 3 rings (SSSR count). The highest BCUT2D eigenvalue weighted by molar-refractivity contribution is 7.85. The van der Waals surface area contributed by atoms with E-state index in [-0.39, 0.29) is 0 Å². The zero-order valence-corrected chi connectivity index (χ0v) is 16.6. The largest absolute Gasteiger partial charge is 0.497 e. The van der Waals surface area contributed by atoms with E-state index < -0.39 is 22.0 Å². The van der Waals surface area contributed by atoms with E-state index in [1.807, 2.05) is 47.9 Å². The summed E-state index contributed by atoms with van der Waals surface area (Å²) in [5.41, 5.74) is 9.30. The third kappa shape index (κ3) is 4.66. The maximum absolute atomic E-state index is 12.4. The van der Waals surface area contributed by atoms with Gasteiger partial charge < -0.3 is 10.5 Å². The number of carbonyl (C=O) groups is 1. The maximum atomic E-state index is 12.4. The van der Waals surface area contributed by atoms with Crippen molar-refractivity contribution < 1.29 is 22.2 Å². The number of methoxy groups -OCH3 is 1. The minimum atomic E-state index is -3.77. The Morgan fingerprint density at radius 3 is 2.64 bits per heavy atom. The number of benzene rings is 2. The zero-order valence-electron chi connectivity index (χ0n) is 15.0. The zero-order chi connectivity index (χ0) is 20.3. The van der Waals surface area contributed by atoms with Crippen LogP contribution in [-0.4, -0.2) is 33.7 Å². The quantitative estimate of drug-likeness (QED) is 0.370. The minimum absolute atomic E-state index is 0.356. The van der Waals surface area contributed by atoms with Crippen LogP contribution in [0.2, 0.25) is 0 Å². The second-order valence-corrected chi connectivity index (χ2v) is 8.41. The lowest BCUT2D eigenvalue weighted by atomic mass is 10.0. The van der Waals surface area contributed by atoms with Crippen molar-refractivity contribution in [3.8, 4) is 16.9 Å². The Kier molecular flexibility index (Phi) is 5.63. The van der Waals surface area contributed by atoms with Crippen molar-refractivity contribution in [1.82, 2.24) is 5.48 Å². The number of guanidine groups is 1. The number of amides is 1. The molecule has 2 aromatic carbocycles. The van der Waals surface area contributed by atoms with Gasteiger partial charge in [-0.05, 0) is 35.4 Å². The number of rotatable bonds is 5. The Morgan fingerprint density at radius 2 is 1.93 bits per heavy atom. The molecule has 1 aromatic heterocycles. The molecule has 0 spiro atoms. The van der Waals surface area contributed by atoms with Crippen molar-refractivity contribution in [2.75, 3.05) is 13.4 Å². The molecule has 0 aliphatic heterocycles.